The smallest absolute Gasteiger partial charge is 0.0695 e. The van der Waals surface area contributed by atoms with E-state index in [1.54, 1.807) is 0 Å². The van der Waals surface area contributed by atoms with E-state index in [4.69, 9.17) is 0 Å². The fourth-order valence-corrected chi connectivity index (χ4v) is 3.38. The molecule has 0 saturated heterocycles. The molecule has 1 N–H and O–H groups in total. The Balaban J connectivity index is 2.77. The van der Waals surface area contributed by atoms with Crippen LogP contribution in [0.15, 0.2) is 0 Å². The lowest BCUT2D eigenvalue weighted by atomic mass is 9.68. The van der Waals surface area contributed by atoms with Gasteiger partial charge in [-0.3, -0.25) is 0 Å². The third-order valence-corrected chi connectivity index (χ3v) is 5.02. The zero-order valence-electron chi connectivity index (χ0n) is 11.1. The molecule has 0 aromatic carbocycles. The first-order valence-corrected chi connectivity index (χ1v) is 6.61. The van der Waals surface area contributed by atoms with Crippen LogP contribution >= 0.6 is 0 Å². The van der Waals surface area contributed by atoms with Crippen LogP contribution in [0.3, 0.4) is 0 Å². The minimum Gasteiger partial charge on any atom is -0.389 e. The quantitative estimate of drug-likeness (QED) is 0.747. The molecule has 1 saturated carbocycles. The van der Waals surface area contributed by atoms with Gasteiger partial charge in [0.15, 0.2) is 0 Å². The molecule has 2 atom stereocenters. The molecule has 0 unspecified atom stereocenters. The largest absolute Gasteiger partial charge is 0.389 e. The molecule has 1 fully saturated rings. The molecule has 1 aliphatic carbocycles. The van der Waals surface area contributed by atoms with Gasteiger partial charge in [-0.05, 0) is 49.4 Å². The van der Waals surface area contributed by atoms with Crippen molar-refractivity contribution in [1.82, 2.24) is 0 Å². The number of hydrogen-bond donors (Lipinski definition) is 1. The van der Waals surface area contributed by atoms with Crippen LogP contribution in [0.25, 0.3) is 0 Å². The predicted molar refractivity (Wildman–Crippen MR) is 65.8 cm³/mol. The van der Waals surface area contributed by atoms with E-state index in [-0.39, 0.29) is 5.41 Å². The highest BCUT2D eigenvalue weighted by Gasteiger charge is 2.48. The number of hydrogen-bond acceptors (Lipinski definition) is 1. The lowest BCUT2D eigenvalue weighted by molar-refractivity contribution is -0.0817. The molecule has 1 aliphatic rings. The van der Waals surface area contributed by atoms with Gasteiger partial charge in [0.2, 0.25) is 0 Å². The van der Waals surface area contributed by atoms with Gasteiger partial charge in [-0.15, -0.1) is 0 Å². The lowest BCUT2D eigenvalue weighted by Gasteiger charge is -2.42. The van der Waals surface area contributed by atoms with E-state index in [2.05, 4.69) is 34.6 Å². The highest BCUT2D eigenvalue weighted by atomic mass is 16.3. The molecule has 0 heterocycles. The van der Waals surface area contributed by atoms with Gasteiger partial charge in [0, 0.05) is 0 Å². The summed E-state index contributed by atoms with van der Waals surface area (Å²) in [4.78, 5) is 0. The third-order valence-electron chi connectivity index (χ3n) is 5.02. The summed E-state index contributed by atoms with van der Waals surface area (Å²) in [6.45, 7) is 11.2. The predicted octanol–water partition coefficient (Wildman–Crippen LogP) is 4.00. The molecule has 0 radical (unpaired) electrons. The van der Waals surface area contributed by atoms with Crippen LogP contribution in [0.2, 0.25) is 0 Å². The van der Waals surface area contributed by atoms with Gasteiger partial charge < -0.3 is 5.11 Å². The van der Waals surface area contributed by atoms with Crippen molar-refractivity contribution in [1.29, 1.82) is 0 Å². The maximum atomic E-state index is 10.7. The van der Waals surface area contributed by atoms with E-state index < -0.39 is 5.60 Å². The summed E-state index contributed by atoms with van der Waals surface area (Å²) in [5, 5.41) is 10.7. The van der Waals surface area contributed by atoms with E-state index >= 15 is 0 Å². The molecular formula is C14H28O. The Morgan fingerprint density at radius 2 is 1.87 bits per heavy atom. The fourth-order valence-electron chi connectivity index (χ4n) is 3.38. The first-order chi connectivity index (χ1) is 6.88. The zero-order chi connectivity index (χ0) is 11.7. The Morgan fingerprint density at radius 1 is 1.33 bits per heavy atom. The summed E-state index contributed by atoms with van der Waals surface area (Å²) in [5.41, 5.74) is -0.276. The highest BCUT2D eigenvalue weighted by molar-refractivity contribution is 5.00. The summed E-state index contributed by atoms with van der Waals surface area (Å²) in [6.07, 6.45) is 5.50. The summed E-state index contributed by atoms with van der Waals surface area (Å²) in [6, 6.07) is 0. The summed E-state index contributed by atoms with van der Waals surface area (Å²) >= 11 is 0. The summed E-state index contributed by atoms with van der Waals surface area (Å²) in [5.74, 6) is 1.59. The minimum atomic E-state index is -0.434. The Labute approximate surface area is 95.3 Å². The van der Waals surface area contributed by atoms with Crippen LogP contribution < -0.4 is 0 Å². The Morgan fingerprint density at radius 3 is 2.20 bits per heavy atom. The van der Waals surface area contributed by atoms with Gasteiger partial charge in [0.1, 0.15) is 0 Å². The average Bonchev–Trinajstić information content (AvgIpc) is 2.61. The number of aliphatic hydroxyl groups is 1. The van der Waals surface area contributed by atoms with Gasteiger partial charge in [-0.2, -0.15) is 0 Å². The van der Waals surface area contributed by atoms with Gasteiger partial charge in [-0.1, -0.05) is 34.6 Å². The van der Waals surface area contributed by atoms with Crippen LogP contribution in [-0.4, -0.2) is 10.7 Å². The molecule has 0 spiro atoms. The van der Waals surface area contributed by atoms with Crippen molar-refractivity contribution < 1.29 is 5.11 Å². The average molecular weight is 212 g/mol. The second kappa shape index (κ2) is 4.45. The van der Waals surface area contributed by atoms with Crippen molar-refractivity contribution in [2.75, 3.05) is 0 Å². The fraction of sp³-hybridized carbons (Fsp3) is 1.00. The van der Waals surface area contributed by atoms with Crippen LogP contribution in [0, 0.1) is 17.3 Å². The molecule has 0 bridgehead atoms. The van der Waals surface area contributed by atoms with E-state index in [0.717, 1.165) is 24.7 Å². The Hall–Kier alpha value is -0.0400. The van der Waals surface area contributed by atoms with Crippen LogP contribution in [0.5, 0.6) is 0 Å². The molecule has 90 valence electrons. The highest BCUT2D eigenvalue weighted by Crippen LogP contribution is 2.52. The van der Waals surface area contributed by atoms with Gasteiger partial charge in [0.25, 0.3) is 0 Å². The lowest BCUT2D eigenvalue weighted by Crippen LogP contribution is -2.44. The van der Waals surface area contributed by atoms with Crippen molar-refractivity contribution in [2.45, 2.75) is 72.3 Å². The van der Waals surface area contributed by atoms with Crippen molar-refractivity contribution in [3.63, 3.8) is 0 Å². The first kappa shape index (κ1) is 13.0. The van der Waals surface area contributed by atoms with Crippen LogP contribution in [0.1, 0.15) is 66.7 Å². The van der Waals surface area contributed by atoms with Crippen LogP contribution in [-0.2, 0) is 0 Å². The molecular weight excluding hydrogens is 184 g/mol. The van der Waals surface area contributed by atoms with E-state index in [1.807, 2.05) is 0 Å². The van der Waals surface area contributed by atoms with Crippen molar-refractivity contribution in [2.24, 2.45) is 17.3 Å². The van der Waals surface area contributed by atoms with Crippen molar-refractivity contribution >= 4 is 0 Å². The van der Waals surface area contributed by atoms with Crippen molar-refractivity contribution in [3.05, 3.63) is 0 Å². The third kappa shape index (κ3) is 2.22. The molecule has 0 aromatic rings. The second-order valence-electron chi connectivity index (χ2n) is 6.05. The van der Waals surface area contributed by atoms with E-state index in [1.165, 1.54) is 19.3 Å². The molecule has 1 heteroatoms. The zero-order valence-corrected chi connectivity index (χ0v) is 11.1. The maximum absolute atomic E-state index is 10.7. The summed E-state index contributed by atoms with van der Waals surface area (Å²) in [7, 11) is 0. The number of rotatable bonds is 4. The van der Waals surface area contributed by atoms with Gasteiger partial charge >= 0.3 is 0 Å². The van der Waals surface area contributed by atoms with Crippen LogP contribution in [0.4, 0.5) is 0 Å². The SMILES string of the molecule is CCC(O)(CC)[C@]1(C)CC[C@H](C(C)C)C1. The molecule has 15 heavy (non-hydrogen) atoms. The monoisotopic (exact) mass is 212 g/mol. The molecule has 1 nitrogen and oxygen atoms in total. The normalized spacial score (nSPS) is 32.6. The molecule has 1 rings (SSSR count). The van der Waals surface area contributed by atoms with Gasteiger partial charge in [0.05, 0.1) is 5.60 Å². The van der Waals surface area contributed by atoms with Gasteiger partial charge in [-0.25, -0.2) is 0 Å². The van der Waals surface area contributed by atoms with Crippen molar-refractivity contribution in [3.8, 4) is 0 Å². The Bertz CT molecular complexity index is 205. The molecule has 0 aromatic heterocycles. The summed E-state index contributed by atoms with van der Waals surface area (Å²) < 4.78 is 0. The minimum absolute atomic E-state index is 0.158. The topological polar surface area (TPSA) is 20.2 Å². The van der Waals surface area contributed by atoms with E-state index in [9.17, 15) is 5.11 Å². The standard InChI is InChI=1S/C14H28O/c1-6-14(15,7-2)13(5)9-8-12(10-13)11(3)4/h11-12,15H,6-10H2,1-5H3/t12-,13+/m0/s1. The van der Waals surface area contributed by atoms with E-state index in [0.29, 0.717) is 0 Å². The first-order valence-electron chi connectivity index (χ1n) is 6.61. The second-order valence-corrected chi connectivity index (χ2v) is 6.05. The molecule has 0 aliphatic heterocycles. The molecule has 0 amide bonds. The Kier molecular flexibility index (Phi) is 3.86. The maximum Gasteiger partial charge on any atom is 0.0695 e.